The van der Waals surface area contributed by atoms with Crippen molar-refractivity contribution in [2.24, 2.45) is 0 Å². The molecule has 1 aromatic carbocycles. The summed E-state index contributed by atoms with van der Waals surface area (Å²) in [5.41, 5.74) is 1.05. The average Bonchev–Trinajstić information content (AvgIpc) is 2.32. The van der Waals surface area contributed by atoms with E-state index in [9.17, 15) is 4.79 Å². The monoisotopic (exact) mass is 373 g/mol. The Labute approximate surface area is 125 Å². The summed E-state index contributed by atoms with van der Waals surface area (Å²) in [6.45, 7) is 0. The van der Waals surface area contributed by atoms with Gasteiger partial charge in [0.25, 0.3) is 0 Å². The average molecular weight is 375 g/mol. The highest BCUT2D eigenvalue weighted by Gasteiger charge is 2.23. The van der Waals surface area contributed by atoms with Gasteiger partial charge in [0, 0.05) is 15.3 Å². The Hall–Kier alpha value is -0.350. The molecular weight excluding hydrogens is 358 g/mol. The van der Waals surface area contributed by atoms with Crippen molar-refractivity contribution in [1.82, 2.24) is 5.32 Å². The van der Waals surface area contributed by atoms with Crippen molar-refractivity contribution in [1.29, 1.82) is 0 Å². The van der Waals surface area contributed by atoms with E-state index in [4.69, 9.17) is 0 Å². The fraction of sp³-hybridized carbons (Fsp3) is 0.500. The second-order valence-corrected chi connectivity index (χ2v) is 6.87. The van der Waals surface area contributed by atoms with Gasteiger partial charge >= 0.3 is 0 Å². The second-order valence-electron chi connectivity index (χ2n) is 4.78. The SMILES string of the molecule is O=C(Cc1cccc(Br)c1)NC1CCCCC1Br. The van der Waals surface area contributed by atoms with Crippen LogP contribution in [-0.2, 0) is 11.2 Å². The lowest BCUT2D eigenvalue weighted by atomic mass is 9.95. The molecule has 0 bridgehead atoms. The summed E-state index contributed by atoms with van der Waals surface area (Å²) in [6.07, 6.45) is 5.16. The Bertz CT molecular complexity index is 422. The van der Waals surface area contributed by atoms with E-state index in [1.807, 2.05) is 24.3 Å². The summed E-state index contributed by atoms with van der Waals surface area (Å²) in [5.74, 6) is 0.115. The van der Waals surface area contributed by atoms with Crippen molar-refractivity contribution in [3.63, 3.8) is 0 Å². The van der Waals surface area contributed by atoms with Gasteiger partial charge in [-0.25, -0.2) is 0 Å². The number of benzene rings is 1. The highest BCUT2D eigenvalue weighted by molar-refractivity contribution is 9.10. The third-order valence-corrected chi connectivity index (χ3v) is 4.87. The number of alkyl halides is 1. The van der Waals surface area contributed by atoms with Crippen molar-refractivity contribution < 1.29 is 4.79 Å². The summed E-state index contributed by atoms with van der Waals surface area (Å²) in [7, 11) is 0. The minimum absolute atomic E-state index is 0.115. The third kappa shape index (κ3) is 4.09. The van der Waals surface area contributed by atoms with Crippen molar-refractivity contribution in [3.8, 4) is 0 Å². The van der Waals surface area contributed by atoms with E-state index >= 15 is 0 Å². The van der Waals surface area contributed by atoms with Crippen molar-refractivity contribution in [3.05, 3.63) is 34.3 Å². The zero-order chi connectivity index (χ0) is 13.0. The largest absolute Gasteiger partial charge is 0.352 e. The first-order chi connectivity index (χ1) is 8.65. The van der Waals surface area contributed by atoms with Crippen LogP contribution in [0.5, 0.6) is 0 Å². The molecule has 0 radical (unpaired) electrons. The third-order valence-electron chi connectivity index (χ3n) is 3.28. The van der Waals surface area contributed by atoms with E-state index in [2.05, 4.69) is 37.2 Å². The van der Waals surface area contributed by atoms with E-state index in [0.717, 1.165) is 22.9 Å². The topological polar surface area (TPSA) is 29.1 Å². The molecule has 2 nitrogen and oxygen atoms in total. The van der Waals surface area contributed by atoms with E-state index < -0.39 is 0 Å². The van der Waals surface area contributed by atoms with Crippen molar-refractivity contribution in [2.75, 3.05) is 0 Å². The van der Waals surface area contributed by atoms with Gasteiger partial charge in [0.1, 0.15) is 0 Å². The molecule has 1 amide bonds. The maximum Gasteiger partial charge on any atom is 0.224 e. The lowest BCUT2D eigenvalue weighted by molar-refractivity contribution is -0.121. The van der Waals surface area contributed by atoms with Gasteiger partial charge in [0.05, 0.1) is 6.42 Å². The molecule has 0 aromatic heterocycles. The van der Waals surface area contributed by atoms with Gasteiger partial charge in [-0.3, -0.25) is 4.79 Å². The molecule has 1 saturated carbocycles. The zero-order valence-electron chi connectivity index (χ0n) is 10.2. The van der Waals surface area contributed by atoms with Gasteiger partial charge < -0.3 is 5.32 Å². The second kappa shape index (κ2) is 6.71. The number of hydrogen-bond donors (Lipinski definition) is 1. The number of carbonyl (C=O) groups excluding carboxylic acids is 1. The molecule has 1 aliphatic rings. The van der Waals surface area contributed by atoms with E-state index in [-0.39, 0.29) is 5.91 Å². The number of rotatable bonds is 3. The van der Waals surface area contributed by atoms with Gasteiger partial charge in [-0.05, 0) is 30.5 Å². The van der Waals surface area contributed by atoms with Crippen LogP contribution in [0.2, 0.25) is 0 Å². The van der Waals surface area contributed by atoms with Crippen LogP contribution >= 0.6 is 31.9 Å². The molecule has 0 saturated heterocycles. The summed E-state index contributed by atoms with van der Waals surface area (Å²) in [4.78, 5) is 12.4. The molecule has 1 fully saturated rings. The summed E-state index contributed by atoms with van der Waals surface area (Å²) >= 11 is 7.08. The van der Waals surface area contributed by atoms with Crippen molar-refractivity contribution >= 4 is 37.8 Å². The van der Waals surface area contributed by atoms with Gasteiger partial charge in [-0.15, -0.1) is 0 Å². The van der Waals surface area contributed by atoms with Crippen LogP contribution in [0, 0.1) is 0 Å². The summed E-state index contributed by atoms with van der Waals surface area (Å²) < 4.78 is 1.02. The van der Waals surface area contributed by atoms with E-state index in [0.29, 0.717) is 17.3 Å². The predicted molar refractivity (Wildman–Crippen MR) is 81.0 cm³/mol. The van der Waals surface area contributed by atoms with Gasteiger partial charge in [0.2, 0.25) is 5.91 Å². The summed E-state index contributed by atoms with van der Waals surface area (Å²) in [6, 6.07) is 8.19. The van der Waals surface area contributed by atoms with Crippen LogP contribution in [0.3, 0.4) is 0 Å². The molecule has 1 aliphatic carbocycles. The molecule has 0 heterocycles. The quantitative estimate of drug-likeness (QED) is 0.800. The Kier molecular flexibility index (Phi) is 5.25. The minimum Gasteiger partial charge on any atom is -0.352 e. The van der Waals surface area contributed by atoms with Crippen LogP contribution < -0.4 is 5.32 Å². The molecule has 0 aliphatic heterocycles. The minimum atomic E-state index is 0.115. The normalized spacial score (nSPS) is 23.7. The van der Waals surface area contributed by atoms with E-state index in [1.165, 1.54) is 12.8 Å². The van der Waals surface area contributed by atoms with Gasteiger partial charge in [-0.1, -0.05) is 56.8 Å². The molecule has 4 heteroatoms. The molecule has 1 aromatic rings. The number of carbonyl (C=O) groups is 1. The van der Waals surface area contributed by atoms with Crippen LogP contribution in [0.1, 0.15) is 31.2 Å². The zero-order valence-corrected chi connectivity index (χ0v) is 13.3. The smallest absolute Gasteiger partial charge is 0.224 e. The molecule has 1 N–H and O–H groups in total. The van der Waals surface area contributed by atoms with Crippen molar-refractivity contribution in [2.45, 2.75) is 43.0 Å². The molecule has 2 unspecified atom stereocenters. The fourth-order valence-corrected chi connectivity index (χ4v) is 3.51. The Morgan fingerprint density at radius 1 is 1.33 bits per heavy atom. The molecule has 18 heavy (non-hydrogen) atoms. The lowest BCUT2D eigenvalue weighted by Gasteiger charge is -2.28. The Morgan fingerprint density at radius 3 is 2.83 bits per heavy atom. The van der Waals surface area contributed by atoms with Crippen LogP contribution in [0.25, 0.3) is 0 Å². The molecule has 2 rings (SSSR count). The number of nitrogens with one attached hydrogen (secondary N) is 1. The van der Waals surface area contributed by atoms with Gasteiger partial charge in [-0.2, -0.15) is 0 Å². The highest BCUT2D eigenvalue weighted by atomic mass is 79.9. The molecule has 98 valence electrons. The number of halogens is 2. The standard InChI is InChI=1S/C14H17Br2NO/c15-11-5-3-4-10(8-11)9-14(18)17-13-7-2-1-6-12(13)16/h3-5,8,12-13H,1-2,6-7,9H2,(H,17,18). The number of amides is 1. The molecule has 0 spiro atoms. The highest BCUT2D eigenvalue weighted by Crippen LogP contribution is 2.24. The molecule has 2 atom stereocenters. The lowest BCUT2D eigenvalue weighted by Crippen LogP contribution is -2.43. The maximum absolute atomic E-state index is 12.0. The molecular formula is C14H17Br2NO. The first-order valence-electron chi connectivity index (χ1n) is 6.33. The summed E-state index contributed by atoms with van der Waals surface area (Å²) in [5, 5.41) is 3.14. The van der Waals surface area contributed by atoms with Crippen LogP contribution in [0.4, 0.5) is 0 Å². The number of hydrogen-bond acceptors (Lipinski definition) is 1. The first-order valence-corrected chi connectivity index (χ1v) is 8.04. The fourth-order valence-electron chi connectivity index (χ4n) is 2.34. The Morgan fingerprint density at radius 2 is 2.11 bits per heavy atom. The Balaban J connectivity index is 1.88. The van der Waals surface area contributed by atoms with Crippen LogP contribution in [0.15, 0.2) is 28.7 Å². The first kappa shape index (κ1) is 14.1. The predicted octanol–water partition coefficient (Wildman–Crippen LogP) is 3.81. The van der Waals surface area contributed by atoms with Crippen LogP contribution in [-0.4, -0.2) is 16.8 Å². The van der Waals surface area contributed by atoms with E-state index in [1.54, 1.807) is 0 Å². The maximum atomic E-state index is 12.0. The van der Waals surface area contributed by atoms with Gasteiger partial charge in [0.15, 0.2) is 0 Å².